The molecule has 1 fully saturated rings. The van der Waals surface area contributed by atoms with E-state index in [1.807, 2.05) is 4.68 Å². The Morgan fingerprint density at radius 1 is 1.24 bits per heavy atom. The lowest BCUT2D eigenvalue weighted by molar-refractivity contribution is 0.184. The Morgan fingerprint density at radius 3 is 2.95 bits per heavy atom. The first-order chi connectivity index (χ1) is 10.3. The lowest BCUT2D eigenvalue weighted by atomic mass is 10.1. The van der Waals surface area contributed by atoms with Gasteiger partial charge in [-0.15, -0.1) is 5.10 Å². The monoisotopic (exact) mass is 293 g/mol. The van der Waals surface area contributed by atoms with Crippen molar-refractivity contribution < 1.29 is 0 Å². The van der Waals surface area contributed by atoms with Crippen LogP contribution < -0.4 is 5.32 Å². The highest BCUT2D eigenvalue weighted by atomic mass is 15.4. The Bertz CT molecular complexity index is 390. The zero-order valence-electron chi connectivity index (χ0n) is 13.7. The molecule has 0 saturated carbocycles. The van der Waals surface area contributed by atoms with Crippen LogP contribution in [0, 0.1) is 0 Å². The number of likely N-dealkylation sites (tertiary alicyclic amines) is 1. The molecule has 0 radical (unpaired) electrons. The highest BCUT2D eigenvalue weighted by molar-refractivity contribution is 4.91. The average molecular weight is 293 g/mol. The van der Waals surface area contributed by atoms with Gasteiger partial charge in [0.1, 0.15) is 0 Å². The van der Waals surface area contributed by atoms with E-state index >= 15 is 0 Å². The summed E-state index contributed by atoms with van der Waals surface area (Å²) in [5.74, 6) is 0. The highest BCUT2D eigenvalue weighted by Crippen LogP contribution is 2.18. The Hall–Kier alpha value is -0.940. The lowest BCUT2D eigenvalue weighted by Gasteiger charge is -2.28. The Balaban J connectivity index is 1.78. The number of hydrogen-bond donors (Lipinski definition) is 1. The predicted molar refractivity (Wildman–Crippen MR) is 86.1 cm³/mol. The third-order valence-electron chi connectivity index (χ3n) is 4.41. The molecule has 0 spiro atoms. The van der Waals surface area contributed by atoms with Gasteiger partial charge in [0.25, 0.3) is 0 Å². The molecule has 5 heteroatoms. The maximum Gasteiger partial charge on any atom is 0.0964 e. The zero-order valence-corrected chi connectivity index (χ0v) is 13.7. The van der Waals surface area contributed by atoms with Crippen molar-refractivity contribution in [1.29, 1.82) is 0 Å². The summed E-state index contributed by atoms with van der Waals surface area (Å²) in [7, 11) is 0. The van der Waals surface area contributed by atoms with Crippen molar-refractivity contribution in [1.82, 2.24) is 25.2 Å². The normalized spacial score (nSPS) is 20.6. The fraction of sp³-hybridized carbons (Fsp3) is 0.875. The molecule has 1 saturated heterocycles. The van der Waals surface area contributed by atoms with E-state index < -0.39 is 0 Å². The summed E-state index contributed by atoms with van der Waals surface area (Å²) in [6.45, 7) is 9.66. The van der Waals surface area contributed by atoms with Gasteiger partial charge in [0, 0.05) is 25.3 Å². The topological polar surface area (TPSA) is 46.0 Å². The summed E-state index contributed by atoms with van der Waals surface area (Å²) in [5.41, 5.74) is 1.05. The van der Waals surface area contributed by atoms with E-state index in [1.54, 1.807) is 0 Å². The van der Waals surface area contributed by atoms with Crippen LogP contribution in [0.1, 0.15) is 58.1 Å². The first-order valence-electron chi connectivity index (χ1n) is 8.67. The van der Waals surface area contributed by atoms with E-state index in [0.29, 0.717) is 0 Å². The van der Waals surface area contributed by atoms with Gasteiger partial charge in [-0.05, 0) is 38.8 Å². The highest BCUT2D eigenvalue weighted by Gasteiger charge is 2.19. The Labute approximate surface area is 129 Å². The molecule has 0 aliphatic carbocycles. The van der Waals surface area contributed by atoms with Gasteiger partial charge >= 0.3 is 0 Å². The standard InChI is InChI=1S/C16H31N5/c1-3-9-17-13-15-14-21(19-18-15)12-11-20-10-7-5-6-8-16(20)4-2/h14,16-17H,3-13H2,1-2H3. The van der Waals surface area contributed by atoms with Crippen LogP contribution in [-0.4, -0.2) is 45.6 Å². The molecule has 120 valence electrons. The smallest absolute Gasteiger partial charge is 0.0964 e. The van der Waals surface area contributed by atoms with Crippen LogP contribution in [0.3, 0.4) is 0 Å². The van der Waals surface area contributed by atoms with Crippen molar-refractivity contribution in [3.63, 3.8) is 0 Å². The van der Waals surface area contributed by atoms with Crippen molar-refractivity contribution in [3.05, 3.63) is 11.9 Å². The van der Waals surface area contributed by atoms with Crippen LogP contribution in [0.25, 0.3) is 0 Å². The summed E-state index contributed by atoms with van der Waals surface area (Å²) >= 11 is 0. The molecule has 1 aromatic rings. The molecule has 0 amide bonds. The van der Waals surface area contributed by atoms with Gasteiger partial charge in [0.15, 0.2) is 0 Å². The molecule has 21 heavy (non-hydrogen) atoms. The molecule has 2 heterocycles. The van der Waals surface area contributed by atoms with Crippen LogP contribution in [0.2, 0.25) is 0 Å². The number of nitrogens with one attached hydrogen (secondary N) is 1. The molecular weight excluding hydrogens is 262 g/mol. The van der Waals surface area contributed by atoms with Crippen LogP contribution in [0.5, 0.6) is 0 Å². The number of aromatic nitrogens is 3. The van der Waals surface area contributed by atoms with Crippen LogP contribution >= 0.6 is 0 Å². The van der Waals surface area contributed by atoms with Gasteiger partial charge in [0.05, 0.1) is 12.2 Å². The number of rotatable bonds is 8. The largest absolute Gasteiger partial charge is 0.311 e. The second-order valence-corrected chi connectivity index (χ2v) is 6.10. The van der Waals surface area contributed by atoms with E-state index in [1.165, 1.54) is 38.6 Å². The van der Waals surface area contributed by atoms with Crippen molar-refractivity contribution in [3.8, 4) is 0 Å². The van der Waals surface area contributed by atoms with Gasteiger partial charge in [0.2, 0.25) is 0 Å². The van der Waals surface area contributed by atoms with Crippen molar-refractivity contribution in [2.24, 2.45) is 0 Å². The first-order valence-corrected chi connectivity index (χ1v) is 8.67. The third-order valence-corrected chi connectivity index (χ3v) is 4.41. The number of hydrogen-bond acceptors (Lipinski definition) is 4. The van der Waals surface area contributed by atoms with Gasteiger partial charge in [-0.3, -0.25) is 9.58 Å². The molecular formula is C16H31N5. The van der Waals surface area contributed by atoms with Gasteiger partial charge in [-0.2, -0.15) is 0 Å². The second-order valence-electron chi connectivity index (χ2n) is 6.10. The van der Waals surface area contributed by atoms with Crippen molar-refractivity contribution in [2.45, 2.75) is 71.5 Å². The summed E-state index contributed by atoms with van der Waals surface area (Å²) < 4.78 is 2.00. The molecule has 1 unspecified atom stereocenters. The van der Waals surface area contributed by atoms with Crippen LogP contribution in [-0.2, 0) is 13.1 Å². The van der Waals surface area contributed by atoms with E-state index in [-0.39, 0.29) is 0 Å². The van der Waals surface area contributed by atoms with Gasteiger partial charge in [-0.1, -0.05) is 31.9 Å². The first kappa shape index (κ1) is 16.4. The van der Waals surface area contributed by atoms with E-state index in [2.05, 4.69) is 40.6 Å². The third kappa shape index (κ3) is 5.40. The molecule has 2 rings (SSSR count). The number of nitrogens with zero attached hydrogens (tertiary/aromatic N) is 4. The molecule has 5 nitrogen and oxygen atoms in total. The molecule has 1 aliphatic heterocycles. The Morgan fingerprint density at radius 2 is 2.14 bits per heavy atom. The SMILES string of the molecule is CCCNCc1cn(CCN2CCCCCC2CC)nn1. The van der Waals surface area contributed by atoms with E-state index in [0.717, 1.165) is 44.3 Å². The van der Waals surface area contributed by atoms with Crippen molar-refractivity contribution >= 4 is 0 Å². The minimum atomic E-state index is 0.765. The van der Waals surface area contributed by atoms with Crippen LogP contribution in [0.15, 0.2) is 6.20 Å². The molecule has 1 N–H and O–H groups in total. The summed E-state index contributed by atoms with van der Waals surface area (Å²) in [6.07, 6.45) is 10.0. The molecule has 1 aromatic heterocycles. The maximum atomic E-state index is 4.25. The maximum absolute atomic E-state index is 4.25. The van der Waals surface area contributed by atoms with Gasteiger partial charge < -0.3 is 5.32 Å². The molecule has 0 aromatic carbocycles. The Kier molecular flexibility index (Phi) is 7.16. The fourth-order valence-corrected chi connectivity index (χ4v) is 3.15. The van der Waals surface area contributed by atoms with Gasteiger partial charge in [-0.25, -0.2) is 0 Å². The van der Waals surface area contributed by atoms with E-state index in [4.69, 9.17) is 0 Å². The molecule has 1 aliphatic rings. The lowest BCUT2D eigenvalue weighted by Crippen LogP contribution is -2.36. The van der Waals surface area contributed by atoms with Crippen molar-refractivity contribution in [2.75, 3.05) is 19.6 Å². The summed E-state index contributed by atoms with van der Waals surface area (Å²) in [4.78, 5) is 2.66. The minimum Gasteiger partial charge on any atom is -0.311 e. The van der Waals surface area contributed by atoms with Crippen LogP contribution in [0.4, 0.5) is 0 Å². The predicted octanol–water partition coefficient (Wildman–Crippen LogP) is 2.43. The average Bonchev–Trinajstić information content (AvgIpc) is 2.82. The molecule has 1 atom stereocenters. The fourth-order valence-electron chi connectivity index (χ4n) is 3.15. The van der Waals surface area contributed by atoms with E-state index in [9.17, 15) is 0 Å². The summed E-state index contributed by atoms with van der Waals surface area (Å²) in [6, 6.07) is 0.765. The molecule has 0 bridgehead atoms. The summed E-state index contributed by atoms with van der Waals surface area (Å²) in [5, 5.41) is 11.9. The zero-order chi connectivity index (χ0) is 14.9. The quantitative estimate of drug-likeness (QED) is 0.748. The minimum absolute atomic E-state index is 0.765. The second kappa shape index (κ2) is 9.15.